The number of ether oxygens (including phenoxy) is 2. The number of benzene rings is 2. The average molecular weight is 377 g/mol. The fourth-order valence-electron chi connectivity index (χ4n) is 4.10. The molecule has 0 saturated carbocycles. The van der Waals surface area contributed by atoms with Gasteiger partial charge in [0.05, 0.1) is 25.8 Å². The summed E-state index contributed by atoms with van der Waals surface area (Å²) in [6.07, 6.45) is 3.03. The topological polar surface area (TPSA) is 46.6 Å². The van der Waals surface area contributed by atoms with E-state index in [0.717, 1.165) is 55.2 Å². The van der Waals surface area contributed by atoms with Crippen LogP contribution in [0.5, 0.6) is 11.5 Å². The number of hydrogen-bond acceptors (Lipinski definition) is 5. The number of nitrogens with one attached hydrogen (secondary N) is 1. The van der Waals surface area contributed by atoms with Crippen molar-refractivity contribution in [3.63, 3.8) is 0 Å². The average Bonchev–Trinajstić information content (AvgIpc) is 3.03. The van der Waals surface area contributed by atoms with Crippen LogP contribution >= 0.6 is 0 Å². The lowest BCUT2D eigenvalue weighted by Gasteiger charge is -2.33. The Balaban J connectivity index is 1.92. The second kappa shape index (κ2) is 8.59. The minimum Gasteiger partial charge on any atom is -0.497 e. The molecule has 3 aromatic rings. The zero-order valence-electron chi connectivity index (χ0n) is 16.5. The predicted molar refractivity (Wildman–Crippen MR) is 112 cm³/mol. The number of nitrogens with zero attached hydrogens (tertiary/aromatic N) is 2. The Labute approximate surface area is 166 Å². The van der Waals surface area contributed by atoms with Gasteiger partial charge in [0, 0.05) is 36.8 Å². The molecule has 1 aliphatic rings. The molecule has 4 rings (SSSR count). The van der Waals surface area contributed by atoms with Gasteiger partial charge in [-0.05, 0) is 48.9 Å². The molecule has 28 heavy (non-hydrogen) atoms. The summed E-state index contributed by atoms with van der Waals surface area (Å²) in [5, 5.41) is 4.69. The molecule has 0 aliphatic carbocycles. The monoisotopic (exact) mass is 377 g/mol. The zero-order chi connectivity index (χ0) is 19.3. The third-order valence-electron chi connectivity index (χ3n) is 5.45. The highest BCUT2D eigenvalue weighted by molar-refractivity contribution is 5.83. The Morgan fingerprint density at radius 1 is 0.964 bits per heavy atom. The molecular weight excluding hydrogens is 350 g/mol. The first-order chi connectivity index (χ1) is 13.8. The summed E-state index contributed by atoms with van der Waals surface area (Å²) >= 11 is 0. The van der Waals surface area contributed by atoms with Crippen LogP contribution in [0.1, 0.15) is 23.6 Å². The van der Waals surface area contributed by atoms with Crippen molar-refractivity contribution in [1.29, 1.82) is 0 Å². The molecule has 1 aliphatic heterocycles. The minimum absolute atomic E-state index is 0.0675. The summed E-state index contributed by atoms with van der Waals surface area (Å²) in [5.41, 5.74) is 3.39. The summed E-state index contributed by atoms with van der Waals surface area (Å²) < 4.78 is 11.3. The highest BCUT2D eigenvalue weighted by atomic mass is 16.5. The van der Waals surface area contributed by atoms with Crippen LogP contribution in [-0.4, -0.2) is 50.3 Å². The molecule has 5 nitrogen and oxygen atoms in total. The van der Waals surface area contributed by atoms with Gasteiger partial charge >= 0.3 is 0 Å². The quantitative estimate of drug-likeness (QED) is 0.736. The lowest BCUT2D eigenvalue weighted by atomic mass is 9.93. The van der Waals surface area contributed by atoms with Crippen molar-refractivity contribution in [1.82, 2.24) is 15.2 Å². The van der Waals surface area contributed by atoms with Crippen molar-refractivity contribution < 1.29 is 9.47 Å². The van der Waals surface area contributed by atoms with E-state index >= 15 is 0 Å². The number of fused-ring (bicyclic) bond motifs is 1. The minimum atomic E-state index is 0.0675. The van der Waals surface area contributed by atoms with Crippen LogP contribution in [-0.2, 0) is 0 Å². The molecule has 1 unspecified atom stereocenters. The Bertz CT molecular complexity index is 931. The standard InChI is InChI=1S/C23H27N3O2/c1-27-17-8-9-22(28-2)20(16-17)23(26-14-5-11-24-13-15-26)19-10-12-25-21-7-4-3-6-18(19)21/h3-4,6-10,12,16,23-24H,5,11,13-15H2,1-2H3. The van der Waals surface area contributed by atoms with Crippen LogP contribution in [0.4, 0.5) is 0 Å². The van der Waals surface area contributed by atoms with Gasteiger partial charge in [0.15, 0.2) is 0 Å². The molecule has 0 radical (unpaired) electrons. The first kappa shape index (κ1) is 18.7. The summed E-state index contributed by atoms with van der Waals surface area (Å²) in [4.78, 5) is 7.11. The lowest BCUT2D eigenvalue weighted by Crippen LogP contribution is -2.33. The molecule has 0 spiro atoms. The SMILES string of the molecule is COc1ccc(OC)c(C(c2ccnc3ccccc23)N2CCCNCC2)c1. The van der Waals surface area contributed by atoms with Crippen molar-refractivity contribution in [2.24, 2.45) is 0 Å². The van der Waals surface area contributed by atoms with Gasteiger partial charge in [-0.15, -0.1) is 0 Å². The maximum absolute atomic E-state index is 5.77. The highest BCUT2D eigenvalue weighted by Gasteiger charge is 2.28. The van der Waals surface area contributed by atoms with Crippen LogP contribution < -0.4 is 14.8 Å². The Morgan fingerprint density at radius 3 is 2.71 bits per heavy atom. The molecule has 1 fully saturated rings. The number of hydrogen-bond donors (Lipinski definition) is 1. The largest absolute Gasteiger partial charge is 0.497 e. The van der Waals surface area contributed by atoms with Gasteiger partial charge in [-0.1, -0.05) is 18.2 Å². The molecule has 2 heterocycles. The van der Waals surface area contributed by atoms with E-state index in [1.807, 2.05) is 24.4 Å². The zero-order valence-corrected chi connectivity index (χ0v) is 16.5. The first-order valence-electron chi connectivity index (χ1n) is 9.82. The Morgan fingerprint density at radius 2 is 1.86 bits per heavy atom. The Kier molecular flexibility index (Phi) is 5.74. The van der Waals surface area contributed by atoms with E-state index in [-0.39, 0.29) is 6.04 Å². The molecule has 146 valence electrons. The van der Waals surface area contributed by atoms with E-state index in [9.17, 15) is 0 Å². The maximum atomic E-state index is 5.77. The van der Waals surface area contributed by atoms with Crippen LogP contribution in [0.25, 0.3) is 10.9 Å². The molecule has 1 atom stereocenters. The van der Waals surface area contributed by atoms with E-state index in [1.54, 1.807) is 14.2 Å². The van der Waals surface area contributed by atoms with Crippen LogP contribution in [0.3, 0.4) is 0 Å². The lowest BCUT2D eigenvalue weighted by molar-refractivity contribution is 0.237. The number of aromatic nitrogens is 1. The molecule has 1 saturated heterocycles. The number of methoxy groups -OCH3 is 2. The second-order valence-corrected chi connectivity index (χ2v) is 7.07. The van der Waals surface area contributed by atoms with Crippen LogP contribution in [0.2, 0.25) is 0 Å². The fraction of sp³-hybridized carbons (Fsp3) is 0.348. The fourth-order valence-corrected chi connectivity index (χ4v) is 4.10. The van der Waals surface area contributed by atoms with Crippen molar-refractivity contribution in [2.45, 2.75) is 12.5 Å². The van der Waals surface area contributed by atoms with Crippen molar-refractivity contribution >= 4 is 10.9 Å². The molecular formula is C23H27N3O2. The van der Waals surface area contributed by atoms with Gasteiger partial charge < -0.3 is 14.8 Å². The first-order valence-corrected chi connectivity index (χ1v) is 9.82. The molecule has 1 aromatic heterocycles. The van der Waals surface area contributed by atoms with Crippen LogP contribution in [0.15, 0.2) is 54.7 Å². The van der Waals surface area contributed by atoms with Gasteiger partial charge in [0.1, 0.15) is 11.5 Å². The molecule has 1 N–H and O–H groups in total. The van der Waals surface area contributed by atoms with E-state index in [2.05, 4.69) is 45.5 Å². The Hall–Kier alpha value is -2.63. The van der Waals surface area contributed by atoms with Gasteiger partial charge in [0.2, 0.25) is 0 Å². The van der Waals surface area contributed by atoms with Gasteiger partial charge in [-0.3, -0.25) is 9.88 Å². The smallest absolute Gasteiger partial charge is 0.124 e. The number of pyridine rings is 1. The molecule has 5 heteroatoms. The van der Waals surface area contributed by atoms with E-state index < -0.39 is 0 Å². The van der Waals surface area contributed by atoms with E-state index in [1.165, 1.54) is 10.9 Å². The maximum Gasteiger partial charge on any atom is 0.124 e. The van der Waals surface area contributed by atoms with Gasteiger partial charge in [-0.25, -0.2) is 0 Å². The van der Waals surface area contributed by atoms with E-state index in [4.69, 9.17) is 9.47 Å². The van der Waals surface area contributed by atoms with Gasteiger partial charge in [0.25, 0.3) is 0 Å². The van der Waals surface area contributed by atoms with Crippen molar-refractivity contribution in [2.75, 3.05) is 40.4 Å². The summed E-state index contributed by atoms with van der Waals surface area (Å²) in [5.74, 6) is 1.72. The summed E-state index contributed by atoms with van der Waals surface area (Å²) in [7, 11) is 3.44. The molecule has 0 amide bonds. The normalized spacial score (nSPS) is 16.5. The summed E-state index contributed by atoms with van der Waals surface area (Å²) in [6, 6.07) is 16.6. The number of para-hydroxylation sites is 1. The van der Waals surface area contributed by atoms with Crippen LogP contribution in [0, 0.1) is 0 Å². The highest BCUT2D eigenvalue weighted by Crippen LogP contribution is 2.39. The second-order valence-electron chi connectivity index (χ2n) is 7.07. The third kappa shape index (κ3) is 3.68. The molecule has 0 bridgehead atoms. The van der Waals surface area contributed by atoms with Gasteiger partial charge in [-0.2, -0.15) is 0 Å². The van der Waals surface area contributed by atoms with Crippen molar-refractivity contribution in [3.8, 4) is 11.5 Å². The predicted octanol–water partition coefficient (Wildman–Crippen LogP) is 3.64. The summed E-state index contributed by atoms with van der Waals surface area (Å²) in [6.45, 7) is 4.03. The van der Waals surface area contributed by atoms with E-state index in [0.29, 0.717) is 0 Å². The van der Waals surface area contributed by atoms with Crippen molar-refractivity contribution in [3.05, 3.63) is 65.9 Å². The third-order valence-corrected chi connectivity index (χ3v) is 5.45. The number of rotatable bonds is 5. The molecule has 2 aromatic carbocycles.